The van der Waals surface area contributed by atoms with Crippen molar-refractivity contribution < 1.29 is 9.59 Å². The molecule has 140 valence electrons. The van der Waals surface area contributed by atoms with Gasteiger partial charge in [-0.05, 0) is 80.8 Å². The first-order valence-electron chi connectivity index (χ1n) is 9.02. The van der Waals surface area contributed by atoms with Crippen molar-refractivity contribution in [3.8, 4) is 0 Å². The number of fused-ring (bicyclic) bond motifs is 4. The monoisotopic (exact) mass is 448 g/mol. The highest BCUT2D eigenvalue weighted by molar-refractivity contribution is 7.22. The van der Waals surface area contributed by atoms with Crippen LogP contribution in [-0.4, -0.2) is 11.6 Å². The number of carbonyl (C=O) groups excluding carboxylic acids is 2. The first-order valence-corrected chi connectivity index (χ1v) is 12.4. The molecule has 0 fully saturated rings. The van der Waals surface area contributed by atoms with Crippen molar-refractivity contribution in [3.05, 3.63) is 69.0 Å². The third kappa shape index (κ3) is 2.95. The zero-order valence-corrected chi connectivity index (χ0v) is 18.2. The molecule has 0 aliphatic carbocycles. The van der Waals surface area contributed by atoms with E-state index in [1.165, 1.54) is 42.8 Å². The normalized spacial score (nSPS) is 11.9. The van der Waals surface area contributed by atoms with Crippen LogP contribution in [-0.2, 0) is 0 Å². The number of ketones is 2. The molecule has 0 bridgehead atoms. The third-order valence-corrected chi connectivity index (χ3v) is 9.09. The van der Waals surface area contributed by atoms with E-state index in [0.29, 0.717) is 9.75 Å². The molecule has 4 aromatic heterocycles. The Labute approximate surface area is 181 Å². The molecule has 0 aliphatic rings. The molecular formula is C23H12O2S4. The van der Waals surface area contributed by atoms with Gasteiger partial charge in [-0.15, -0.1) is 45.3 Å². The fraction of sp³-hybridized carbons (Fsp3) is 0.0435. The van der Waals surface area contributed by atoms with E-state index < -0.39 is 0 Å². The van der Waals surface area contributed by atoms with Gasteiger partial charge in [-0.25, -0.2) is 0 Å². The largest absolute Gasteiger partial charge is 0.293 e. The average molecular weight is 449 g/mol. The predicted octanol–water partition coefficient (Wildman–Crippen LogP) is 8.00. The molecule has 2 aromatic carbocycles. The van der Waals surface area contributed by atoms with Crippen LogP contribution in [0.4, 0.5) is 0 Å². The predicted molar refractivity (Wildman–Crippen MR) is 128 cm³/mol. The third-order valence-electron chi connectivity index (χ3n) is 5.05. The number of carbonyl (C=O) groups is 2. The topological polar surface area (TPSA) is 34.1 Å². The van der Waals surface area contributed by atoms with Gasteiger partial charge in [0.1, 0.15) is 0 Å². The van der Waals surface area contributed by atoms with E-state index in [9.17, 15) is 9.59 Å². The fourth-order valence-corrected chi connectivity index (χ4v) is 7.28. The second-order valence-corrected chi connectivity index (χ2v) is 11.0. The Bertz CT molecular complexity index is 1360. The number of rotatable bonds is 4. The summed E-state index contributed by atoms with van der Waals surface area (Å²) in [5.74, 6) is -0.198. The number of thiophene rings is 4. The van der Waals surface area contributed by atoms with Gasteiger partial charge in [-0.2, -0.15) is 0 Å². The summed E-state index contributed by atoms with van der Waals surface area (Å²) in [4.78, 5) is 26.9. The van der Waals surface area contributed by atoms with Gasteiger partial charge in [0, 0.05) is 18.8 Å². The van der Waals surface area contributed by atoms with Crippen molar-refractivity contribution in [3.63, 3.8) is 0 Å². The van der Waals surface area contributed by atoms with Crippen LogP contribution in [0.3, 0.4) is 0 Å². The van der Waals surface area contributed by atoms with Gasteiger partial charge >= 0.3 is 0 Å². The van der Waals surface area contributed by atoms with E-state index in [1.54, 1.807) is 22.7 Å². The molecule has 6 aromatic rings. The Kier molecular flexibility index (Phi) is 3.96. The zero-order valence-electron chi connectivity index (χ0n) is 14.9. The van der Waals surface area contributed by atoms with Crippen LogP contribution in [0.25, 0.3) is 40.3 Å². The number of hydrogen-bond donors (Lipinski definition) is 0. The standard InChI is InChI=1S/C23H12O2S4/c24-16(22-9-14-7-18-12(1-3-26-18)5-20(14)28-22)11-17(25)23-10-15-8-19-13(2-4-27-19)6-21(15)29-23/h1-10H,11H2. The van der Waals surface area contributed by atoms with Crippen LogP contribution in [0.1, 0.15) is 25.8 Å². The molecule has 0 spiro atoms. The van der Waals surface area contributed by atoms with Gasteiger partial charge in [0.25, 0.3) is 0 Å². The SMILES string of the molecule is O=C(CC(=O)c1cc2cc3sccc3cc2s1)c1cc2cc3sccc3cc2s1. The maximum Gasteiger partial charge on any atom is 0.180 e. The van der Waals surface area contributed by atoms with Crippen molar-refractivity contribution in [2.75, 3.05) is 0 Å². The number of hydrogen-bond acceptors (Lipinski definition) is 6. The average Bonchev–Trinajstić information content (AvgIpc) is 3.47. The number of Topliss-reactive ketones (excluding diaryl/α,β-unsaturated/α-hetero) is 2. The molecule has 6 rings (SSSR count). The quantitative estimate of drug-likeness (QED) is 0.202. The summed E-state index contributed by atoms with van der Waals surface area (Å²) in [6.07, 6.45) is -0.0810. The van der Waals surface area contributed by atoms with Crippen molar-refractivity contribution in [2.45, 2.75) is 6.42 Å². The molecular weight excluding hydrogens is 437 g/mol. The lowest BCUT2D eigenvalue weighted by Crippen LogP contribution is -2.05. The maximum atomic E-state index is 12.8. The zero-order chi connectivity index (χ0) is 19.5. The maximum absolute atomic E-state index is 12.8. The summed E-state index contributed by atoms with van der Waals surface area (Å²) >= 11 is 6.35. The molecule has 29 heavy (non-hydrogen) atoms. The summed E-state index contributed by atoms with van der Waals surface area (Å²) in [5, 5.41) is 8.70. The minimum absolute atomic E-state index is 0.0810. The minimum Gasteiger partial charge on any atom is -0.293 e. The van der Waals surface area contributed by atoms with Gasteiger partial charge in [0.2, 0.25) is 0 Å². The lowest BCUT2D eigenvalue weighted by atomic mass is 10.1. The Morgan fingerprint density at radius 2 is 1.03 bits per heavy atom. The second-order valence-electron chi connectivity index (χ2n) is 6.94. The van der Waals surface area contributed by atoms with Crippen LogP contribution in [0.5, 0.6) is 0 Å². The van der Waals surface area contributed by atoms with Gasteiger partial charge in [0.15, 0.2) is 11.6 Å². The molecule has 0 saturated heterocycles. The lowest BCUT2D eigenvalue weighted by molar-refractivity contribution is 0.0899. The second kappa shape index (κ2) is 6.57. The van der Waals surface area contributed by atoms with Crippen LogP contribution in [0.2, 0.25) is 0 Å². The van der Waals surface area contributed by atoms with E-state index >= 15 is 0 Å². The van der Waals surface area contributed by atoms with E-state index in [0.717, 1.165) is 20.2 Å². The highest BCUT2D eigenvalue weighted by atomic mass is 32.1. The van der Waals surface area contributed by atoms with Gasteiger partial charge < -0.3 is 0 Å². The molecule has 0 unspecified atom stereocenters. The van der Waals surface area contributed by atoms with Gasteiger partial charge in [-0.1, -0.05) is 0 Å². The van der Waals surface area contributed by atoms with Gasteiger partial charge in [-0.3, -0.25) is 9.59 Å². The summed E-state index contributed by atoms with van der Waals surface area (Å²) in [6, 6.07) is 16.5. The molecule has 4 heterocycles. The van der Waals surface area contributed by atoms with E-state index in [1.807, 2.05) is 12.1 Å². The molecule has 0 amide bonds. The van der Waals surface area contributed by atoms with Crippen molar-refractivity contribution in [2.24, 2.45) is 0 Å². The fourth-order valence-electron chi connectivity index (χ4n) is 3.58. The molecule has 6 heteroatoms. The Balaban J connectivity index is 1.30. The van der Waals surface area contributed by atoms with E-state index in [4.69, 9.17) is 0 Å². The summed E-state index contributed by atoms with van der Waals surface area (Å²) in [7, 11) is 0. The Morgan fingerprint density at radius 3 is 1.52 bits per heavy atom. The number of benzene rings is 2. The van der Waals surface area contributed by atoms with Crippen molar-refractivity contribution in [1.29, 1.82) is 0 Å². The van der Waals surface area contributed by atoms with Crippen LogP contribution in [0.15, 0.2) is 59.3 Å². The molecule has 2 nitrogen and oxygen atoms in total. The van der Waals surface area contributed by atoms with Crippen LogP contribution >= 0.6 is 45.3 Å². The van der Waals surface area contributed by atoms with E-state index in [2.05, 4.69) is 47.2 Å². The van der Waals surface area contributed by atoms with Crippen LogP contribution in [0, 0.1) is 0 Å². The first-order chi connectivity index (χ1) is 14.1. The summed E-state index contributed by atoms with van der Waals surface area (Å²) in [5.41, 5.74) is 0. The highest BCUT2D eigenvalue weighted by Gasteiger charge is 2.18. The Hall–Kier alpha value is -2.38. The Morgan fingerprint density at radius 1 is 0.586 bits per heavy atom. The smallest absolute Gasteiger partial charge is 0.180 e. The first kappa shape index (κ1) is 17.5. The molecule has 0 atom stereocenters. The summed E-state index contributed by atoms with van der Waals surface area (Å²) in [6.45, 7) is 0. The van der Waals surface area contributed by atoms with Crippen LogP contribution < -0.4 is 0 Å². The molecule has 0 radical (unpaired) electrons. The lowest BCUT2D eigenvalue weighted by Gasteiger charge is -1.95. The highest BCUT2D eigenvalue weighted by Crippen LogP contribution is 2.35. The minimum atomic E-state index is -0.0991. The molecule has 0 saturated carbocycles. The van der Waals surface area contributed by atoms with E-state index in [-0.39, 0.29) is 18.0 Å². The van der Waals surface area contributed by atoms with Crippen molar-refractivity contribution in [1.82, 2.24) is 0 Å². The van der Waals surface area contributed by atoms with Crippen molar-refractivity contribution >= 4 is 97.3 Å². The summed E-state index contributed by atoms with van der Waals surface area (Å²) < 4.78 is 4.62. The van der Waals surface area contributed by atoms with Gasteiger partial charge in [0.05, 0.1) is 16.2 Å². The molecule has 0 N–H and O–H groups in total. The molecule has 0 aliphatic heterocycles.